The second-order valence-electron chi connectivity index (χ2n) is 6.26. The number of fused-ring (bicyclic) bond motifs is 1. The molecule has 0 spiro atoms. The van der Waals surface area contributed by atoms with Gasteiger partial charge in [-0.25, -0.2) is 4.98 Å². The maximum atomic E-state index is 11.7. The molecule has 3 nitrogen and oxygen atoms in total. The molecule has 0 fully saturated rings. The Morgan fingerprint density at radius 1 is 1.00 bits per heavy atom. The molecule has 0 radical (unpaired) electrons. The number of aromatic nitrogens is 1. The Morgan fingerprint density at radius 3 is 2.39 bits per heavy atom. The lowest BCUT2D eigenvalue weighted by molar-refractivity contribution is 0.101. The Kier molecular flexibility index (Phi) is 6.57. The van der Waals surface area contributed by atoms with E-state index < -0.39 is 0 Å². The zero-order chi connectivity index (χ0) is 16.7. The second kappa shape index (κ2) is 8.66. The predicted octanol–water partition coefficient (Wildman–Crippen LogP) is 5.44. The van der Waals surface area contributed by atoms with Crippen LogP contribution in [0, 0.1) is 0 Å². The summed E-state index contributed by atoms with van der Waals surface area (Å²) in [5.41, 5.74) is 2.15. The normalized spacial score (nSPS) is 11.0. The van der Waals surface area contributed by atoms with Crippen LogP contribution in [-0.2, 0) is 6.42 Å². The molecule has 124 valence electrons. The van der Waals surface area contributed by atoms with Gasteiger partial charge in [0.1, 0.15) is 11.3 Å². The fourth-order valence-corrected chi connectivity index (χ4v) is 2.95. The summed E-state index contributed by atoms with van der Waals surface area (Å²) in [5.74, 6) is 0.142. The molecular weight excluding hydrogens is 286 g/mol. The van der Waals surface area contributed by atoms with Crippen LogP contribution in [0.4, 0.5) is 0 Å². The van der Waals surface area contributed by atoms with Crippen molar-refractivity contribution >= 4 is 16.7 Å². The van der Waals surface area contributed by atoms with E-state index >= 15 is 0 Å². The number of pyridine rings is 1. The lowest BCUT2D eigenvalue weighted by Gasteiger charge is -2.08. The molecule has 0 unspecified atom stereocenters. The summed E-state index contributed by atoms with van der Waals surface area (Å²) in [4.78, 5) is 16.2. The van der Waals surface area contributed by atoms with Crippen molar-refractivity contribution in [3.63, 3.8) is 0 Å². The number of unbranched alkanes of at least 4 members (excludes halogenated alkanes) is 6. The molecule has 0 saturated heterocycles. The Hall–Kier alpha value is -1.90. The van der Waals surface area contributed by atoms with E-state index in [4.69, 9.17) is 0 Å². The highest BCUT2D eigenvalue weighted by Gasteiger charge is 2.10. The molecule has 1 heterocycles. The largest absolute Gasteiger partial charge is 0.506 e. The number of rotatable bonds is 9. The van der Waals surface area contributed by atoms with Crippen LogP contribution in [0.5, 0.6) is 5.75 Å². The topological polar surface area (TPSA) is 50.2 Å². The Morgan fingerprint density at radius 2 is 1.70 bits per heavy atom. The standard InChI is InChI=1S/C20H27NO2/c1-3-4-5-6-7-8-9-10-16-11-12-18-17(15(2)22)13-14-19(23)20(18)21-16/h11-14,23H,3-10H2,1-2H3. The van der Waals surface area contributed by atoms with E-state index in [1.165, 1.54) is 45.4 Å². The highest BCUT2D eigenvalue weighted by molar-refractivity contribution is 6.07. The molecule has 2 rings (SSSR count). The summed E-state index contributed by atoms with van der Waals surface area (Å²) in [6.45, 7) is 3.77. The van der Waals surface area contributed by atoms with Gasteiger partial charge < -0.3 is 5.11 Å². The van der Waals surface area contributed by atoms with Gasteiger partial charge in [0.15, 0.2) is 5.78 Å². The lowest BCUT2D eigenvalue weighted by atomic mass is 10.0. The predicted molar refractivity (Wildman–Crippen MR) is 95.1 cm³/mol. The van der Waals surface area contributed by atoms with Crippen molar-refractivity contribution < 1.29 is 9.90 Å². The number of Topliss-reactive ketones (excluding diaryl/α,β-unsaturated/α-hetero) is 1. The number of benzene rings is 1. The van der Waals surface area contributed by atoms with Crippen molar-refractivity contribution in [1.82, 2.24) is 4.98 Å². The van der Waals surface area contributed by atoms with Gasteiger partial charge in [0.05, 0.1) is 0 Å². The third-order valence-corrected chi connectivity index (χ3v) is 4.31. The number of aryl methyl sites for hydroxylation is 1. The Bertz CT molecular complexity index is 664. The average Bonchev–Trinajstić information content (AvgIpc) is 2.54. The van der Waals surface area contributed by atoms with Crippen LogP contribution >= 0.6 is 0 Å². The summed E-state index contributed by atoms with van der Waals surface area (Å²) < 4.78 is 0. The fraction of sp³-hybridized carbons (Fsp3) is 0.500. The number of hydrogen-bond donors (Lipinski definition) is 1. The number of carbonyl (C=O) groups is 1. The van der Waals surface area contributed by atoms with Crippen molar-refractivity contribution in [3.05, 3.63) is 35.5 Å². The monoisotopic (exact) mass is 313 g/mol. The van der Waals surface area contributed by atoms with E-state index in [-0.39, 0.29) is 11.5 Å². The molecule has 3 heteroatoms. The molecule has 0 atom stereocenters. The molecule has 0 bridgehead atoms. The van der Waals surface area contributed by atoms with E-state index in [2.05, 4.69) is 11.9 Å². The van der Waals surface area contributed by atoms with Gasteiger partial charge in [-0.15, -0.1) is 0 Å². The number of carbonyl (C=O) groups excluding carboxylic acids is 1. The first kappa shape index (κ1) is 17.5. The SMILES string of the molecule is CCCCCCCCCc1ccc2c(C(C)=O)ccc(O)c2n1. The third kappa shape index (κ3) is 4.78. The zero-order valence-corrected chi connectivity index (χ0v) is 14.3. The molecule has 1 aromatic carbocycles. The first-order valence-corrected chi connectivity index (χ1v) is 8.76. The summed E-state index contributed by atoms with van der Waals surface area (Å²) in [6, 6.07) is 7.11. The van der Waals surface area contributed by atoms with Crippen LogP contribution in [0.1, 0.15) is 74.8 Å². The summed E-state index contributed by atoms with van der Waals surface area (Å²) >= 11 is 0. The van der Waals surface area contributed by atoms with Crippen LogP contribution in [-0.4, -0.2) is 15.9 Å². The van der Waals surface area contributed by atoms with Crippen molar-refractivity contribution in [2.45, 2.75) is 65.2 Å². The van der Waals surface area contributed by atoms with Crippen LogP contribution in [0.15, 0.2) is 24.3 Å². The number of aromatic hydroxyl groups is 1. The average molecular weight is 313 g/mol. The number of nitrogens with zero attached hydrogens (tertiary/aromatic N) is 1. The van der Waals surface area contributed by atoms with E-state index in [1.807, 2.05) is 12.1 Å². The second-order valence-corrected chi connectivity index (χ2v) is 6.26. The molecule has 1 N–H and O–H groups in total. The van der Waals surface area contributed by atoms with Gasteiger partial charge in [-0.2, -0.15) is 0 Å². The number of phenols is 1. The van der Waals surface area contributed by atoms with Gasteiger partial charge in [-0.3, -0.25) is 4.79 Å². The van der Waals surface area contributed by atoms with Gasteiger partial charge >= 0.3 is 0 Å². The van der Waals surface area contributed by atoms with Gasteiger partial charge in [-0.05, 0) is 38.0 Å². The van der Waals surface area contributed by atoms with E-state index in [9.17, 15) is 9.90 Å². The van der Waals surface area contributed by atoms with Crippen molar-refractivity contribution in [1.29, 1.82) is 0 Å². The Labute approximate surface area is 138 Å². The third-order valence-electron chi connectivity index (χ3n) is 4.31. The Balaban J connectivity index is 1.98. The summed E-state index contributed by atoms with van der Waals surface area (Å²) in [5, 5.41) is 10.8. The molecule has 23 heavy (non-hydrogen) atoms. The highest BCUT2D eigenvalue weighted by Crippen LogP contribution is 2.27. The van der Waals surface area contributed by atoms with Crippen molar-refractivity contribution in [3.8, 4) is 5.75 Å². The van der Waals surface area contributed by atoms with Gasteiger partial charge in [0.2, 0.25) is 0 Å². The van der Waals surface area contributed by atoms with Crippen LogP contribution in [0.3, 0.4) is 0 Å². The van der Waals surface area contributed by atoms with Gasteiger partial charge in [0.25, 0.3) is 0 Å². The summed E-state index contributed by atoms with van der Waals surface area (Å²) in [7, 11) is 0. The maximum Gasteiger partial charge on any atom is 0.160 e. The maximum absolute atomic E-state index is 11.7. The van der Waals surface area contributed by atoms with Crippen LogP contribution in [0.25, 0.3) is 10.9 Å². The first-order chi connectivity index (χ1) is 11.1. The van der Waals surface area contributed by atoms with Gasteiger partial charge in [-0.1, -0.05) is 51.5 Å². The van der Waals surface area contributed by atoms with E-state index in [1.54, 1.807) is 12.1 Å². The molecule has 1 aromatic heterocycles. The molecule has 0 saturated carbocycles. The van der Waals surface area contributed by atoms with Crippen LogP contribution < -0.4 is 0 Å². The zero-order valence-electron chi connectivity index (χ0n) is 14.3. The number of ketones is 1. The molecule has 2 aromatic rings. The number of hydrogen-bond acceptors (Lipinski definition) is 3. The molecule has 0 aliphatic rings. The van der Waals surface area contributed by atoms with Crippen LogP contribution in [0.2, 0.25) is 0 Å². The molecule has 0 amide bonds. The molecular formula is C20H27NO2. The lowest BCUT2D eigenvalue weighted by Crippen LogP contribution is -1.97. The summed E-state index contributed by atoms with van der Waals surface area (Å²) in [6.07, 6.45) is 9.84. The van der Waals surface area contributed by atoms with E-state index in [0.717, 1.165) is 23.9 Å². The highest BCUT2D eigenvalue weighted by atomic mass is 16.3. The number of phenolic OH excluding ortho intramolecular Hbond substituents is 1. The minimum atomic E-state index is -0.00312. The quantitative estimate of drug-likeness (QED) is 0.495. The minimum absolute atomic E-state index is 0.00312. The molecule has 0 aliphatic carbocycles. The first-order valence-electron chi connectivity index (χ1n) is 8.76. The van der Waals surface area contributed by atoms with Crippen molar-refractivity contribution in [2.24, 2.45) is 0 Å². The molecule has 0 aliphatic heterocycles. The van der Waals surface area contributed by atoms with E-state index in [0.29, 0.717) is 11.1 Å². The fourth-order valence-electron chi connectivity index (χ4n) is 2.95. The van der Waals surface area contributed by atoms with Gasteiger partial charge in [0, 0.05) is 16.6 Å². The minimum Gasteiger partial charge on any atom is -0.506 e. The van der Waals surface area contributed by atoms with Crippen molar-refractivity contribution in [2.75, 3.05) is 0 Å². The smallest absolute Gasteiger partial charge is 0.160 e.